The number of ether oxygens (including phenoxy) is 2. The fraction of sp³-hybridized carbons (Fsp3) is 0.500. The highest BCUT2D eigenvalue weighted by Crippen LogP contribution is 2.59. The van der Waals surface area contributed by atoms with E-state index in [2.05, 4.69) is 18.8 Å². The zero-order valence-electron chi connectivity index (χ0n) is 17.3. The van der Waals surface area contributed by atoms with E-state index in [1.54, 1.807) is 7.11 Å². The molecule has 2 atom stereocenters. The monoisotopic (exact) mass is 432 g/mol. The molecule has 1 fully saturated rings. The minimum absolute atomic E-state index is 0.0167. The average Bonchev–Trinajstić information content (AvgIpc) is 3.01. The number of carbonyl (C=O) groups is 1. The number of rotatable bonds is 6. The van der Waals surface area contributed by atoms with Gasteiger partial charge in [-0.05, 0) is 29.9 Å². The van der Waals surface area contributed by atoms with Crippen LogP contribution in [0.3, 0.4) is 0 Å². The van der Waals surface area contributed by atoms with E-state index in [0.717, 1.165) is 24.8 Å². The van der Waals surface area contributed by atoms with Crippen LogP contribution < -0.4 is 10.2 Å². The molecule has 1 aliphatic carbocycles. The Morgan fingerprint density at radius 2 is 2.13 bits per heavy atom. The van der Waals surface area contributed by atoms with Gasteiger partial charge in [-0.1, -0.05) is 25.4 Å². The molecule has 0 bridgehead atoms. The summed E-state index contributed by atoms with van der Waals surface area (Å²) in [6.07, 6.45) is 4.12. The SMILES string of the molecule is COCCCOc1cc2c(nc1Cl)-c1cc(=O)c(C(=O)O)cn1[C@@H]1[C@H]2CCC1(C)C. The van der Waals surface area contributed by atoms with E-state index < -0.39 is 11.4 Å². The Hall–Kier alpha value is -2.38. The van der Waals surface area contributed by atoms with Gasteiger partial charge in [0.15, 0.2) is 16.3 Å². The molecule has 30 heavy (non-hydrogen) atoms. The van der Waals surface area contributed by atoms with Crippen LogP contribution in [0.4, 0.5) is 0 Å². The lowest BCUT2D eigenvalue weighted by Crippen LogP contribution is -2.32. The number of carboxylic acid groups (broad SMARTS) is 1. The lowest BCUT2D eigenvalue weighted by molar-refractivity contribution is 0.0693. The molecule has 0 unspecified atom stereocenters. The van der Waals surface area contributed by atoms with Crippen LogP contribution in [0, 0.1) is 5.41 Å². The molecule has 8 heteroatoms. The Balaban J connectivity index is 1.86. The first-order valence-electron chi connectivity index (χ1n) is 10.1. The van der Waals surface area contributed by atoms with E-state index in [1.807, 2.05) is 10.6 Å². The molecule has 0 spiro atoms. The Labute approximate surface area is 179 Å². The normalized spacial score (nSPS) is 20.9. The summed E-state index contributed by atoms with van der Waals surface area (Å²) in [4.78, 5) is 28.6. The van der Waals surface area contributed by atoms with E-state index in [1.165, 1.54) is 12.3 Å². The zero-order chi connectivity index (χ0) is 21.6. The van der Waals surface area contributed by atoms with E-state index >= 15 is 0 Å². The van der Waals surface area contributed by atoms with Crippen molar-refractivity contribution in [3.05, 3.63) is 44.8 Å². The van der Waals surface area contributed by atoms with Crippen molar-refractivity contribution < 1.29 is 19.4 Å². The third kappa shape index (κ3) is 3.40. The van der Waals surface area contributed by atoms with E-state index in [4.69, 9.17) is 21.1 Å². The maximum atomic E-state index is 12.5. The second-order valence-corrected chi connectivity index (χ2v) is 9.00. The van der Waals surface area contributed by atoms with Crippen LogP contribution in [0.5, 0.6) is 5.75 Å². The van der Waals surface area contributed by atoms with Crippen molar-refractivity contribution in [3.8, 4) is 17.1 Å². The van der Waals surface area contributed by atoms with Gasteiger partial charge in [0.2, 0.25) is 0 Å². The molecule has 0 amide bonds. The van der Waals surface area contributed by atoms with Gasteiger partial charge in [-0.15, -0.1) is 0 Å². The average molecular weight is 433 g/mol. The highest BCUT2D eigenvalue weighted by molar-refractivity contribution is 6.31. The number of hydrogen-bond donors (Lipinski definition) is 1. The summed E-state index contributed by atoms with van der Waals surface area (Å²) in [5.41, 5.74) is 1.39. The fourth-order valence-electron chi connectivity index (χ4n) is 4.87. The smallest absolute Gasteiger partial charge is 0.341 e. The van der Waals surface area contributed by atoms with Crippen molar-refractivity contribution in [2.75, 3.05) is 20.3 Å². The highest BCUT2D eigenvalue weighted by atomic mass is 35.5. The number of aromatic nitrogens is 2. The predicted molar refractivity (Wildman–Crippen MR) is 113 cm³/mol. The topological polar surface area (TPSA) is 90.7 Å². The number of carboxylic acids is 1. The van der Waals surface area contributed by atoms with Crippen molar-refractivity contribution in [1.82, 2.24) is 9.55 Å². The summed E-state index contributed by atoms with van der Waals surface area (Å²) in [7, 11) is 1.64. The van der Waals surface area contributed by atoms with Crippen LogP contribution in [0.2, 0.25) is 5.15 Å². The van der Waals surface area contributed by atoms with Crippen molar-refractivity contribution in [2.24, 2.45) is 5.41 Å². The van der Waals surface area contributed by atoms with Gasteiger partial charge in [-0.25, -0.2) is 9.78 Å². The van der Waals surface area contributed by atoms with Gasteiger partial charge >= 0.3 is 5.97 Å². The van der Waals surface area contributed by atoms with E-state index in [-0.39, 0.29) is 28.1 Å². The zero-order valence-corrected chi connectivity index (χ0v) is 18.0. The maximum Gasteiger partial charge on any atom is 0.341 e. The molecule has 4 rings (SSSR count). The minimum atomic E-state index is -1.22. The molecule has 0 aromatic carbocycles. The molecular weight excluding hydrogens is 408 g/mol. The van der Waals surface area contributed by atoms with E-state index in [0.29, 0.717) is 30.4 Å². The fourth-order valence-corrected chi connectivity index (χ4v) is 5.06. The molecule has 7 nitrogen and oxygen atoms in total. The Kier molecular flexibility index (Phi) is 5.36. The van der Waals surface area contributed by atoms with Crippen LogP contribution in [0.15, 0.2) is 23.1 Å². The number of pyridine rings is 2. The minimum Gasteiger partial charge on any atom is -0.490 e. The number of nitrogens with zero attached hydrogens (tertiary/aromatic N) is 2. The van der Waals surface area contributed by atoms with Gasteiger partial charge in [-0.2, -0.15) is 0 Å². The lowest BCUT2D eigenvalue weighted by atomic mass is 9.79. The molecule has 0 radical (unpaired) electrons. The summed E-state index contributed by atoms with van der Waals surface area (Å²) >= 11 is 6.41. The molecule has 2 aromatic heterocycles. The second-order valence-electron chi connectivity index (χ2n) is 8.64. The molecule has 2 aromatic rings. The standard InChI is InChI=1S/C22H25ClN2O5/c1-22(2)6-5-12-13-9-17(30-8-4-7-29-3)20(23)24-18(13)15-10-16(26)14(21(27)28)11-25(15)19(12)22/h9-12,19H,4-8H2,1-3H3,(H,27,28)/t12-,19+/m0/s1. The van der Waals surface area contributed by atoms with Gasteiger partial charge < -0.3 is 19.1 Å². The molecule has 1 N–H and O–H groups in total. The number of hydrogen-bond acceptors (Lipinski definition) is 5. The first-order valence-corrected chi connectivity index (χ1v) is 10.4. The van der Waals surface area contributed by atoms with Crippen LogP contribution >= 0.6 is 11.6 Å². The lowest BCUT2D eigenvalue weighted by Gasteiger charge is -2.39. The summed E-state index contributed by atoms with van der Waals surface area (Å²) in [5.74, 6) is -0.565. The Morgan fingerprint density at radius 1 is 1.37 bits per heavy atom. The Morgan fingerprint density at radius 3 is 2.83 bits per heavy atom. The largest absolute Gasteiger partial charge is 0.490 e. The van der Waals surface area contributed by atoms with Crippen molar-refractivity contribution in [2.45, 2.75) is 45.1 Å². The third-order valence-electron chi connectivity index (χ3n) is 6.26. The summed E-state index contributed by atoms with van der Waals surface area (Å²) in [6, 6.07) is 3.33. The van der Waals surface area contributed by atoms with Crippen LogP contribution in [0.1, 0.15) is 61.0 Å². The number of halogens is 1. The predicted octanol–water partition coefficient (Wildman–Crippen LogP) is 4.14. The molecule has 1 saturated carbocycles. The molecule has 3 heterocycles. The molecule has 0 saturated heterocycles. The van der Waals surface area contributed by atoms with Gasteiger partial charge in [0.25, 0.3) is 0 Å². The first-order chi connectivity index (χ1) is 14.2. The van der Waals surface area contributed by atoms with E-state index in [9.17, 15) is 14.7 Å². The van der Waals surface area contributed by atoms with Crippen LogP contribution in [-0.4, -0.2) is 41.0 Å². The molecule has 160 valence electrons. The number of aromatic carboxylic acids is 1. The molecule has 2 aliphatic rings. The quantitative estimate of drug-likeness (QED) is 0.545. The second kappa shape index (κ2) is 7.71. The van der Waals surface area contributed by atoms with Gasteiger partial charge in [0.1, 0.15) is 5.56 Å². The van der Waals surface area contributed by atoms with Gasteiger partial charge in [-0.3, -0.25) is 4.79 Å². The molecular formula is C22H25ClN2O5. The summed E-state index contributed by atoms with van der Waals surface area (Å²) < 4.78 is 12.8. The van der Waals surface area contributed by atoms with Gasteiger partial charge in [0.05, 0.1) is 18.0 Å². The van der Waals surface area contributed by atoms with Crippen LogP contribution in [0.25, 0.3) is 11.4 Å². The van der Waals surface area contributed by atoms with Gasteiger partial charge in [0, 0.05) is 44.4 Å². The number of fused-ring (bicyclic) bond motifs is 6. The van der Waals surface area contributed by atoms with Crippen LogP contribution in [-0.2, 0) is 4.74 Å². The Bertz CT molecular complexity index is 1060. The van der Waals surface area contributed by atoms with Crippen molar-refractivity contribution in [3.63, 3.8) is 0 Å². The summed E-state index contributed by atoms with van der Waals surface area (Å²) in [6.45, 7) is 5.41. The summed E-state index contributed by atoms with van der Waals surface area (Å²) in [5, 5.41) is 9.68. The molecule has 1 aliphatic heterocycles. The third-order valence-corrected chi connectivity index (χ3v) is 6.53. The van der Waals surface area contributed by atoms with Crippen molar-refractivity contribution >= 4 is 17.6 Å². The maximum absolute atomic E-state index is 12.5. The number of methoxy groups -OCH3 is 1. The first kappa shape index (κ1) is 20.9. The van der Waals surface area contributed by atoms with Crippen molar-refractivity contribution in [1.29, 1.82) is 0 Å². The highest BCUT2D eigenvalue weighted by Gasteiger charge is 2.48.